The van der Waals surface area contributed by atoms with Crippen LogP contribution < -0.4 is 5.73 Å². The number of anilines is 1. The molecule has 0 saturated heterocycles. The summed E-state index contributed by atoms with van der Waals surface area (Å²) < 4.78 is 0. The van der Waals surface area contributed by atoms with Crippen molar-refractivity contribution in [1.29, 1.82) is 0 Å². The van der Waals surface area contributed by atoms with E-state index in [-0.39, 0.29) is 0 Å². The highest BCUT2D eigenvalue weighted by Gasteiger charge is 2.08. The number of nitrogen functional groups attached to an aromatic ring is 1. The Hall–Kier alpha value is -2.87. The molecule has 4 rings (SSSR count). The Labute approximate surface area is 129 Å². The molecule has 106 valence electrons. The van der Waals surface area contributed by atoms with Crippen LogP contribution in [0.2, 0.25) is 0 Å². The van der Waals surface area contributed by atoms with Crippen molar-refractivity contribution in [3.05, 3.63) is 72.4 Å². The number of nitrogens with two attached hydrogens (primary N) is 1. The lowest BCUT2D eigenvalue weighted by atomic mass is 9.97. The van der Waals surface area contributed by atoms with Crippen LogP contribution in [0.4, 0.5) is 5.69 Å². The van der Waals surface area contributed by atoms with Crippen molar-refractivity contribution in [3.8, 4) is 11.1 Å². The van der Waals surface area contributed by atoms with E-state index in [4.69, 9.17) is 10.7 Å². The largest absolute Gasteiger partial charge is 0.398 e. The topological polar surface area (TPSA) is 38.9 Å². The van der Waals surface area contributed by atoms with Crippen molar-refractivity contribution in [2.45, 2.75) is 6.92 Å². The molecule has 4 aromatic rings. The standard InChI is InChI=1S/C20H16N2/c1-13-18-12-14(15-6-2-4-8-19(15)21)10-11-16(18)17-7-3-5-9-20(17)22-13/h2-12H,21H2,1H3. The van der Waals surface area contributed by atoms with E-state index in [1.54, 1.807) is 0 Å². The van der Waals surface area contributed by atoms with E-state index in [1.807, 2.05) is 24.3 Å². The maximum atomic E-state index is 6.11. The first-order valence-electron chi connectivity index (χ1n) is 7.38. The molecule has 1 heterocycles. The number of pyridine rings is 1. The highest BCUT2D eigenvalue weighted by Crippen LogP contribution is 2.32. The highest BCUT2D eigenvalue weighted by molar-refractivity contribution is 6.07. The molecule has 0 fully saturated rings. The van der Waals surface area contributed by atoms with E-state index in [2.05, 4.69) is 49.4 Å². The average Bonchev–Trinajstić information content (AvgIpc) is 2.55. The Morgan fingerprint density at radius 2 is 1.55 bits per heavy atom. The maximum absolute atomic E-state index is 6.11. The predicted molar refractivity (Wildman–Crippen MR) is 93.8 cm³/mol. The molecular formula is C20H16N2. The van der Waals surface area contributed by atoms with Crippen LogP contribution in [0.25, 0.3) is 32.8 Å². The van der Waals surface area contributed by atoms with E-state index in [0.29, 0.717) is 0 Å². The molecule has 2 nitrogen and oxygen atoms in total. The van der Waals surface area contributed by atoms with Crippen molar-refractivity contribution < 1.29 is 0 Å². The quantitative estimate of drug-likeness (QED) is 0.397. The van der Waals surface area contributed by atoms with Gasteiger partial charge in [0.1, 0.15) is 0 Å². The molecule has 0 radical (unpaired) electrons. The van der Waals surface area contributed by atoms with Gasteiger partial charge in [-0.15, -0.1) is 0 Å². The first-order chi connectivity index (χ1) is 10.7. The van der Waals surface area contributed by atoms with Crippen LogP contribution in [0.15, 0.2) is 66.7 Å². The summed E-state index contributed by atoms with van der Waals surface area (Å²) in [4.78, 5) is 4.73. The first kappa shape index (κ1) is 12.8. The molecule has 0 spiro atoms. The number of rotatable bonds is 1. The van der Waals surface area contributed by atoms with Gasteiger partial charge in [0.15, 0.2) is 0 Å². The Balaban J connectivity index is 2.05. The van der Waals surface area contributed by atoms with Crippen LogP contribution in [0.1, 0.15) is 5.69 Å². The van der Waals surface area contributed by atoms with Gasteiger partial charge in [-0.2, -0.15) is 0 Å². The van der Waals surface area contributed by atoms with Crippen molar-refractivity contribution in [3.63, 3.8) is 0 Å². The number of nitrogens with zero attached hydrogens (tertiary/aromatic N) is 1. The number of aryl methyl sites for hydroxylation is 1. The van der Waals surface area contributed by atoms with Crippen LogP contribution in [-0.2, 0) is 0 Å². The fourth-order valence-corrected chi connectivity index (χ4v) is 3.05. The molecule has 0 saturated carbocycles. The second-order valence-corrected chi connectivity index (χ2v) is 5.56. The normalized spacial score (nSPS) is 11.1. The van der Waals surface area contributed by atoms with Crippen LogP contribution in [0, 0.1) is 6.92 Å². The number of hydrogen-bond acceptors (Lipinski definition) is 2. The monoisotopic (exact) mass is 284 g/mol. The average molecular weight is 284 g/mol. The van der Waals surface area contributed by atoms with Gasteiger partial charge in [-0.25, -0.2) is 0 Å². The van der Waals surface area contributed by atoms with E-state index in [0.717, 1.165) is 28.0 Å². The van der Waals surface area contributed by atoms with Gasteiger partial charge in [0, 0.05) is 27.7 Å². The summed E-state index contributed by atoms with van der Waals surface area (Å²) in [7, 11) is 0. The molecule has 0 atom stereocenters. The number of para-hydroxylation sites is 2. The fraction of sp³-hybridized carbons (Fsp3) is 0.0500. The Morgan fingerprint density at radius 3 is 2.41 bits per heavy atom. The zero-order valence-corrected chi connectivity index (χ0v) is 12.4. The lowest BCUT2D eigenvalue weighted by Crippen LogP contribution is -1.91. The van der Waals surface area contributed by atoms with E-state index in [9.17, 15) is 0 Å². The minimum atomic E-state index is 0.799. The molecule has 0 unspecified atom stereocenters. The summed E-state index contributed by atoms with van der Waals surface area (Å²) in [5.41, 5.74) is 11.2. The third-order valence-corrected chi connectivity index (χ3v) is 4.16. The van der Waals surface area contributed by atoms with Crippen molar-refractivity contribution in [1.82, 2.24) is 4.98 Å². The maximum Gasteiger partial charge on any atom is 0.0711 e. The lowest BCUT2D eigenvalue weighted by Gasteiger charge is -2.10. The zero-order chi connectivity index (χ0) is 15.1. The van der Waals surface area contributed by atoms with E-state index in [1.165, 1.54) is 16.2 Å². The molecule has 0 amide bonds. The zero-order valence-electron chi connectivity index (χ0n) is 12.4. The second-order valence-electron chi connectivity index (χ2n) is 5.56. The Bertz CT molecular complexity index is 1000. The summed E-state index contributed by atoms with van der Waals surface area (Å²) in [6.07, 6.45) is 0. The number of hydrogen-bond donors (Lipinski definition) is 1. The van der Waals surface area contributed by atoms with Crippen molar-refractivity contribution >= 4 is 27.4 Å². The minimum Gasteiger partial charge on any atom is -0.398 e. The van der Waals surface area contributed by atoms with Gasteiger partial charge in [-0.3, -0.25) is 4.98 Å². The molecule has 1 aromatic heterocycles. The van der Waals surface area contributed by atoms with Crippen LogP contribution in [0.3, 0.4) is 0 Å². The van der Waals surface area contributed by atoms with Crippen molar-refractivity contribution in [2.75, 3.05) is 5.73 Å². The van der Waals surface area contributed by atoms with Gasteiger partial charge >= 0.3 is 0 Å². The third kappa shape index (κ3) is 1.92. The van der Waals surface area contributed by atoms with Gasteiger partial charge in [-0.1, -0.05) is 48.5 Å². The molecule has 0 aliphatic rings. The molecule has 3 aromatic carbocycles. The molecule has 22 heavy (non-hydrogen) atoms. The number of aromatic nitrogens is 1. The van der Waals surface area contributed by atoms with Gasteiger partial charge in [-0.05, 0) is 36.1 Å². The predicted octanol–water partition coefficient (Wildman–Crippen LogP) is 4.95. The number of benzene rings is 3. The van der Waals surface area contributed by atoms with Gasteiger partial charge in [0.25, 0.3) is 0 Å². The van der Waals surface area contributed by atoms with E-state index < -0.39 is 0 Å². The lowest BCUT2D eigenvalue weighted by molar-refractivity contribution is 1.29. The van der Waals surface area contributed by atoms with Crippen LogP contribution >= 0.6 is 0 Å². The summed E-state index contributed by atoms with van der Waals surface area (Å²) in [5, 5.41) is 3.61. The fourth-order valence-electron chi connectivity index (χ4n) is 3.05. The van der Waals surface area contributed by atoms with Crippen molar-refractivity contribution in [2.24, 2.45) is 0 Å². The molecule has 2 heteroatoms. The molecule has 0 aliphatic heterocycles. The molecular weight excluding hydrogens is 268 g/mol. The third-order valence-electron chi connectivity index (χ3n) is 4.16. The summed E-state index contributed by atoms with van der Waals surface area (Å²) >= 11 is 0. The second kappa shape index (κ2) is 4.85. The van der Waals surface area contributed by atoms with E-state index >= 15 is 0 Å². The summed E-state index contributed by atoms with van der Waals surface area (Å²) in [6, 6.07) is 22.7. The molecule has 0 bridgehead atoms. The van der Waals surface area contributed by atoms with Gasteiger partial charge < -0.3 is 5.73 Å². The van der Waals surface area contributed by atoms with Crippen LogP contribution in [-0.4, -0.2) is 4.98 Å². The Morgan fingerprint density at radius 1 is 0.773 bits per heavy atom. The SMILES string of the molecule is Cc1nc2ccccc2c2ccc(-c3ccccc3N)cc12. The van der Waals surface area contributed by atoms with Gasteiger partial charge in [0.05, 0.1) is 5.52 Å². The van der Waals surface area contributed by atoms with Gasteiger partial charge in [0.2, 0.25) is 0 Å². The number of fused-ring (bicyclic) bond motifs is 3. The molecule has 0 aliphatic carbocycles. The summed E-state index contributed by atoms with van der Waals surface area (Å²) in [5.74, 6) is 0. The van der Waals surface area contributed by atoms with Crippen LogP contribution in [0.5, 0.6) is 0 Å². The summed E-state index contributed by atoms with van der Waals surface area (Å²) in [6.45, 7) is 2.06. The molecule has 2 N–H and O–H groups in total. The first-order valence-corrected chi connectivity index (χ1v) is 7.38. The highest BCUT2D eigenvalue weighted by atomic mass is 14.7. The minimum absolute atomic E-state index is 0.799. The smallest absolute Gasteiger partial charge is 0.0711 e. The Kier molecular flexibility index (Phi) is 2.83.